The van der Waals surface area contributed by atoms with E-state index in [0.717, 1.165) is 11.0 Å². The Balaban J connectivity index is 2.10. The van der Waals surface area contributed by atoms with Gasteiger partial charge in [-0.15, -0.1) is 0 Å². The highest BCUT2D eigenvalue weighted by Gasteiger charge is 2.52. The molecule has 1 N–H and O–H groups in total. The molecule has 5 heteroatoms. The molecule has 19 heavy (non-hydrogen) atoms. The molecule has 2 heterocycles. The third-order valence-corrected chi connectivity index (χ3v) is 4.20. The maximum absolute atomic E-state index is 13.9. The average Bonchev–Trinajstić information content (AvgIpc) is 2.78. The summed E-state index contributed by atoms with van der Waals surface area (Å²) in [6, 6.07) is 5.56. The Labute approximate surface area is 112 Å². The summed E-state index contributed by atoms with van der Waals surface area (Å²) in [6.45, 7) is 7.95. The van der Waals surface area contributed by atoms with Crippen molar-refractivity contribution >= 4 is 23.5 Å². The largest absolute Gasteiger partial charge is 0.495 e. The van der Waals surface area contributed by atoms with Crippen LogP contribution in [0.15, 0.2) is 24.4 Å². The van der Waals surface area contributed by atoms with E-state index < -0.39 is 18.3 Å². The van der Waals surface area contributed by atoms with E-state index in [-0.39, 0.29) is 5.82 Å². The van der Waals surface area contributed by atoms with Gasteiger partial charge in [0.25, 0.3) is 0 Å². The van der Waals surface area contributed by atoms with Gasteiger partial charge in [-0.3, -0.25) is 0 Å². The Morgan fingerprint density at radius 3 is 2.37 bits per heavy atom. The van der Waals surface area contributed by atoms with Gasteiger partial charge >= 0.3 is 7.12 Å². The summed E-state index contributed by atoms with van der Waals surface area (Å²) < 4.78 is 25.9. The average molecular weight is 261 g/mol. The molecule has 0 saturated carbocycles. The van der Waals surface area contributed by atoms with Crippen molar-refractivity contribution in [3.8, 4) is 0 Å². The first-order valence-electron chi connectivity index (χ1n) is 6.43. The van der Waals surface area contributed by atoms with Crippen LogP contribution in [0.1, 0.15) is 27.7 Å². The summed E-state index contributed by atoms with van der Waals surface area (Å²) in [4.78, 5) is 2.91. The normalized spacial score (nSPS) is 21.2. The second-order valence-electron chi connectivity index (χ2n) is 5.99. The molecule has 0 unspecified atom stereocenters. The molecule has 3 rings (SSSR count). The van der Waals surface area contributed by atoms with Crippen LogP contribution in [0, 0.1) is 5.82 Å². The van der Waals surface area contributed by atoms with Gasteiger partial charge in [0.05, 0.1) is 11.2 Å². The fourth-order valence-electron chi connectivity index (χ4n) is 2.34. The Morgan fingerprint density at radius 1 is 1.11 bits per heavy atom. The number of nitrogens with one attached hydrogen (secondary N) is 1. The van der Waals surface area contributed by atoms with E-state index in [0.29, 0.717) is 5.39 Å². The standard InChI is InChI=1S/C14H17BFNO2/c1-13(2)14(3,4)19-15(18-13)9-6-5-7-11-12(9)10(16)8-17-11/h5-8,17H,1-4H3. The first-order valence-corrected chi connectivity index (χ1v) is 6.43. The fraction of sp³-hybridized carbons (Fsp3) is 0.429. The van der Waals surface area contributed by atoms with Gasteiger partial charge in [-0.25, -0.2) is 4.39 Å². The van der Waals surface area contributed by atoms with Crippen LogP contribution in [-0.4, -0.2) is 23.3 Å². The van der Waals surface area contributed by atoms with Gasteiger partial charge in [-0.1, -0.05) is 12.1 Å². The predicted octanol–water partition coefficient (Wildman–Crippen LogP) is 2.61. The Hall–Kier alpha value is -1.33. The number of hydrogen-bond acceptors (Lipinski definition) is 2. The topological polar surface area (TPSA) is 34.2 Å². The summed E-state index contributed by atoms with van der Waals surface area (Å²) in [7, 11) is -0.543. The summed E-state index contributed by atoms with van der Waals surface area (Å²) in [6.07, 6.45) is 1.36. The molecule has 0 atom stereocenters. The second kappa shape index (κ2) is 3.84. The molecule has 0 spiro atoms. The van der Waals surface area contributed by atoms with E-state index in [1.807, 2.05) is 45.9 Å². The molecule has 1 aromatic carbocycles. The summed E-state index contributed by atoms with van der Waals surface area (Å²) in [5, 5.41) is 0.543. The van der Waals surface area contributed by atoms with Crippen LogP contribution >= 0.6 is 0 Å². The summed E-state index contributed by atoms with van der Waals surface area (Å²) in [5.41, 5.74) is 0.638. The summed E-state index contributed by atoms with van der Waals surface area (Å²) in [5.74, 6) is -0.277. The van der Waals surface area contributed by atoms with E-state index in [1.54, 1.807) is 0 Å². The van der Waals surface area contributed by atoms with Crippen LogP contribution in [-0.2, 0) is 9.31 Å². The Bertz CT molecular complexity index is 619. The highest BCUT2D eigenvalue weighted by Crippen LogP contribution is 2.37. The number of aromatic nitrogens is 1. The smallest absolute Gasteiger partial charge is 0.399 e. The molecule has 1 saturated heterocycles. The Kier molecular flexibility index (Phi) is 2.56. The highest BCUT2D eigenvalue weighted by molar-refractivity contribution is 6.65. The molecule has 0 amide bonds. The van der Waals surface area contributed by atoms with E-state index in [2.05, 4.69) is 4.98 Å². The monoisotopic (exact) mass is 261 g/mol. The van der Waals surface area contributed by atoms with Crippen LogP contribution in [0.25, 0.3) is 10.9 Å². The molecule has 100 valence electrons. The molecule has 1 aromatic heterocycles. The van der Waals surface area contributed by atoms with Crippen molar-refractivity contribution in [1.29, 1.82) is 0 Å². The first kappa shape index (κ1) is 12.7. The van der Waals surface area contributed by atoms with Gasteiger partial charge in [0, 0.05) is 17.1 Å². The molecule has 0 aliphatic carbocycles. The SMILES string of the molecule is CC1(C)OB(c2cccc3[nH]cc(F)c23)OC1(C)C. The number of H-pyrrole nitrogens is 1. The van der Waals surface area contributed by atoms with Crippen molar-refractivity contribution in [2.45, 2.75) is 38.9 Å². The third kappa shape index (κ3) is 1.80. The lowest BCUT2D eigenvalue weighted by Crippen LogP contribution is -2.41. The van der Waals surface area contributed by atoms with Gasteiger partial charge in [-0.2, -0.15) is 0 Å². The van der Waals surface area contributed by atoms with E-state index in [1.165, 1.54) is 6.20 Å². The molecule has 1 aliphatic rings. The van der Waals surface area contributed by atoms with E-state index in [9.17, 15) is 4.39 Å². The lowest BCUT2D eigenvalue weighted by atomic mass is 9.77. The lowest BCUT2D eigenvalue weighted by molar-refractivity contribution is 0.00578. The maximum Gasteiger partial charge on any atom is 0.495 e. The van der Waals surface area contributed by atoms with E-state index >= 15 is 0 Å². The fourth-order valence-corrected chi connectivity index (χ4v) is 2.34. The lowest BCUT2D eigenvalue weighted by Gasteiger charge is -2.32. The van der Waals surface area contributed by atoms with Crippen molar-refractivity contribution in [2.75, 3.05) is 0 Å². The third-order valence-electron chi connectivity index (χ3n) is 4.20. The molecule has 0 radical (unpaired) electrons. The number of fused-ring (bicyclic) bond motifs is 1. The van der Waals surface area contributed by atoms with Gasteiger partial charge < -0.3 is 14.3 Å². The van der Waals surface area contributed by atoms with Crippen LogP contribution in [0.4, 0.5) is 4.39 Å². The number of hydrogen-bond donors (Lipinski definition) is 1. The number of benzene rings is 1. The molecule has 1 aliphatic heterocycles. The van der Waals surface area contributed by atoms with Gasteiger partial charge in [-0.05, 0) is 39.2 Å². The van der Waals surface area contributed by atoms with Gasteiger partial charge in [0.15, 0.2) is 0 Å². The van der Waals surface area contributed by atoms with Gasteiger partial charge in [0.2, 0.25) is 0 Å². The van der Waals surface area contributed by atoms with Crippen molar-refractivity contribution in [2.24, 2.45) is 0 Å². The van der Waals surface area contributed by atoms with Gasteiger partial charge in [0.1, 0.15) is 5.82 Å². The molecular formula is C14H17BFNO2. The Morgan fingerprint density at radius 2 is 1.74 bits per heavy atom. The van der Waals surface area contributed by atoms with Crippen LogP contribution in [0.2, 0.25) is 0 Å². The quantitative estimate of drug-likeness (QED) is 0.800. The van der Waals surface area contributed by atoms with Crippen LogP contribution < -0.4 is 5.46 Å². The second-order valence-corrected chi connectivity index (χ2v) is 5.99. The van der Waals surface area contributed by atoms with Crippen molar-refractivity contribution in [1.82, 2.24) is 4.98 Å². The number of rotatable bonds is 1. The minimum absolute atomic E-state index is 0.277. The zero-order chi connectivity index (χ0) is 13.8. The number of halogens is 1. The minimum atomic E-state index is -0.543. The molecular weight excluding hydrogens is 244 g/mol. The van der Waals surface area contributed by atoms with E-state index in [4.69, 9.17) is 9.31 Å². The maximum atomic E-state index is 13.9. The molecule has 1 fully saturated rings. The number of aromatic amines is 1. The van der Waals surface area contributed by atoms with Crippen LogP contribution in [0.3, 0.4) is 0 Å². The molecule has 3 nitrogen and oxygen atoms in total. The van der Waals surface area contributed by atoms with Crippen molar-refractivity contribution < 1.29 is 13.7 Å². The van der Waals surface area contributed by atoms with Crippen LogP contribution in [0.5, 0.6) is 0 Å². The zero-order valence-corrected chi connectivity index (χ0v) is 11.6. The van der Waals surface area contributed by atoms with Crippen molar-refractivity contribution in [3.63, 3.8) is 0 Å². The first-order chi connectivity index (χ1) is 8.82. The highest BCUT2D eigenvalue weighted by atomic mass is 19.1. The minimum Gasteiger partial charge on any atom is -0.399 e. The zero-order valence-electron chi connectivity index (χ0n) is 11.6. The molecule has 0 bridgehead atoms. The molecule has 2 aromatic rings. The predicted molar refractivity (Wildman–Crippen MR) is 74.0 cm³/mol. The van der Waals surface area contributed by atoms with Crippen molar-refractivity contribution in [3.05, 3.63) is 30.2 Å². The summed E-state index contributed by atoms with van der Waals surface area (Å²) >= 11 is 0.